The zero-order chi connectivity index (χ0) is 27.6. The third kappa shape index (κ3) is 5.27. The molecule has 8 nitrogen and oxygen atoms in total. The molecule has 0 aliphatic carbocycles. The number of thiazole rings is 1. The molecule has 0 atom stereocenters. The molecular weight excluding hydrogens is 568 g/mol. The molecule has 1 saturated heterocycles. The maximum absolute atomic E-state index is 13.9. The second-order valence-corrected chi connectivity index (χ2v) is 10.9. The highest BCUT2D eigenvalue weighted by Gasteiger charge is 2.26. The molecule has 0 unspecified atom stereocenters. The number of methoxy groups -OCH3 is 1. The van der Waals surface area contributed by atoms with Crippen molar-refractivity contribution in [3.8, 4) is 23.3 Å². The van der Waals surface area contributed by atoms with E-state index in [0.29, 0.717) is 38.0 Å². The molecule has 0 spiro atoms. The van der Waals surface area contributed by atoms with Crippen molar-refractivity contribution in [2.24, 2.45) is 0 Å². The van der Waals surface area contributed by atoms with Gasteiger partial charge in [0.1, 0.15) is 10.7 Å². The molecule has 4 rings (SSSR count). The van der Waals surface area contributed by atoms with E-state index in [1.807, 2.05) is 32.0 Å². The average Bonchev–Trinajstić information content (AvgIpc) is 3.23. The maximum Gasteiger partial charge on any atom is 0.273 e. The van der Waals surface area contributed by atoms with Gasteiger partial charge >= 0.3 is 0 Å². The summed E-state index contributed by atoms with van der Waals surface area (Å²) in [6.45, 7) is 9.40. The van der Waals surface area contributed by atoms with Crippen LogP contribution >= 0.6 is 27.3 Å². The van der Waals surface area contributed by atoms with Gasteiger partial charge in [-0.3, -0.25) is 14.2 Å². The second-order valence-electron chi connectivity index (χ2n) is 9.04. The fraction of sp³-hybridized carbons (Fsp3) is 0.321. The van der Waals surface area contributed by atoms with Crippen LogP contribution in [0.15, 0.2) is 39.6 Å². The van der Waals surface area contributed by atoms with Gasteiger partial charge in [-0.15, -0.1) is 11.3 Å². The lowest BCUT2D eigenvalue weighted by Gasteiger charge is -2.33. The van der Waals surface area contributed by atoms with Crippen LogP contribution in [-0.4, -0.2) is 65.2 Å². The van der Waals surface area contributed by atoms with Crippen molar-refractivity contribution in [1.29, 1.82) is 5.26 Å². The monoisotopic (exact) mass is 596 g/mol. The second kappa shape index (κ2) is 11.6. The Labute approximate surface area is 233 Å². The summed E-state index contributed by atoms with van der Waals surface area (Å²) in [5.74, 6) is -0.162. The molecule has 1 aromatic heterocycles. The minimum Gasteiger partial charge on any atom is -0.503 e. The number of aromatic nitrogens is 1. The highest BCUT2D eigenvalue weighted by atomic mass is 79.9. The molecule has 0 bridgehead atoms. The van der Waals surface area contributed by atoms with Crippen LogP contribution in [0.2, 0.25) is 0 Å². The van der Waals surface area contributed by atoms with Crippen molar-refractivity contribution in [3.05, 3.63) is 71.0 Å². The molecule has 1 N–H and O–H groups in total. The van der Waals surface area contributed by atoms with Crippen molar-refractivity contribution < 1.29 is 14.6 Å². The van der Waals surface area contributed by atoms with E-state index in [1.165, 1.54) is 11.7 Å². The molecular formula is C28H29BrN4O4S. The fourth-order valence-corrected chi connectivity index (χ4v) is 5.99. The number of phenolic OH excluding ortho intramolecular Hbond substituents is 1. The van der Waals surface area contributed by atoms with E-state index in [4.69, 9.17) is 4.74 Å². The van der Waals surface area contributed by atoms with E-state index in [0.717, 1.165) is 42.1 Å². The van der Waals surface area contributed by atoms with Gasteiger partial charge in [-0.05, 0) is 77.3 Å². The Hall–Kier alpha value is -3.39. The summed E-state index contributed by atoms with van der Waals surface area (Å²) in [5, 5.41) is 20.4. The highest BCUT2D eigenvalue weighted by molar-refractivity contribution is 9.10. The predicted molar refractivity (Wildman–Crippen MR) is 152 cm³/mol. The van der Waals surface area contributed by atoms with Gasteiger partial charge in [0.2, 0.25) is 0 Å². The number of rotatable bonds is 5. The lowest BCUT2D eigenvalue weighted by Crippen LogP contribution is -2.49. The number of aryl methyl sites for hydroxylation is 1. The van der Waals surface area contributed by atoms with Gasteiger partial charge in [-0.2, -0.15) is 5.26 Å². The first kappa shape index (κ1) is 27.6. The van der Waals surface area contributed by atoms with Crippen LogP contribution < -0.4 is 19.5 Å². The van der Waals surface area contributed by atoms with E-state index in [-0.39, 0.29) is 28.5 Å². The van der Waals surface area contributed by atoms with Gasteiger partial charge in [0.05, 0.1) is 21.8 Å². The SMILES string of the molecule is CCN1CCN(C(=O)C(C#N)=c2sc(=Cc3cc(Br)c(O)c(OC)c3)c(=O)n2-c2cccc(C)c2C)CC1. The number of piperazine rings is 1. The van der Waals surface area contributed by atoms with Gasteiger partial charge < -0.3 is 19.6 Å². The van der Waals surface area contributed by atoms with Crippen LogP contribution in [0.3, 0.4) is 0 Å². The van der Waals surface area contributed by atoms with Crippen molar-refractivity contribution in [2.75, 3.05) is 39.8 Å². The Kier molecular flexibility index (Phi) is 8.41. The summed E-state index contributed by atoms with van der Waals surface area (Å²) in [4.78, 5) is 31.4. The molecule has 38 heavy (non-hydrogen) atoms. The smallest absolute Gasteiger partial charge is 0.273 e. The first-order chi connectivity index (χ1) is 18.2. The summed E-state index contributed by atoms with van der Waals surface area (Å²) in [5.41, 5.74) is 2.73. The number of benzene rings is 2. The van der Waals surface area contributed by atoms with Gasteiger partial charge in [0.25, 0.3) is 11.5 Å². The lowest BCUT2D eigenvalue weighted by molar-refractivity contribution is -0.126. The Morgan fingerprint density at radius 3 is 2.58 bits per heavy atom. The number of hydrogen-bond acceptors (Lipinski definition) is 7. The van der Waals surface area contributed by atoms with Crippen LogP contribution in [0, 0.1) is 25.2 Å². The number of carbonyl (C=O) groups excluding carboxylic acids is 1. The number of halogens is 1. The van der Waals surface area contributed by atoms with E-state index in [2.05, 4.69) is 33.8 Å². The Balaban J connectivity index is 1.99. The van der Waals surface area contributed by atoms with Crippen LogP contribution in [0.25, 0.3) is 17.3 Å². The first-order valence-electron chi connectivity index (χ1n) is 12.2. The van der Waals surface area contributed by atoms with Crippen molar-refractivity contribution in [2.45, 2.75) is 20.8 Å². The number of ether oxygens (including phenoxy) is 1. The summed E-state index contributed by atoms with van der Waals surface area (Å²) in [7, 11) is 1.45. The minimum atomic E-state index is -0.371. The topological polar surface area (TPSA) is 98.8 Å². The van der Waals surface area contributed by atoms with Gasteiger partial charge in [-0.25, -0.2) is 0 Å². The maximum atomic E-state index is 13.9. The van der Waals surface area contributed by atoms with E-state index < -0.39 is 0 Å². The predicted octanol–water partition coefficient (Wildman–Crippen LogP) is 2.66. The first-order valence-corrected chi connectivity index (χ1v) is 13.8. The summed E-state index contributed by atoms with van der Waals surface area (Å²) in [6.07, 6.45) is 1.67. The van der Waals surface area contributed by atoms with E-state index in [9.17, 15) is 20.0 Å². The van der Waals surface area contributed by atoms with Crippen LogP contribution in [-0.2, 0) is 4.79 Å². The molecule has 3 aromatic rings. The summed E-state index contributed by atoms with van der Waals surface area (Å²) < 4.78 is 7.79. The number of nitriles is 1. The molecule has 198 valence electrons. The third-order valence-corrected chi connectivity index (χ3v) is 8.55. The third-order valence-electron chi connectivity index (χ3n) is 6.86. The number of aromatic hydroxyl groups is 1. The molecule has 2 heterocycles. The largest absolute Gasteiger partial charge is 0.503 e. The molecule has 1 aliphatic rings. The summed E-state index contributed by atoms with van der Waals surface area (Å²) in [6, 6.07) is 11.0. The number of nitrogens with zero attached hydrogens (tertiary/aromatic N) is 4. The standard InChI is InChI=1S/C28H29BrN4O4S/c1-5-31-9-11-32(12-10-31)26(35)20(16-30)28-33(22-8-6-7-17(2)18(22)3)27(36)24(38-28)15-19-13-21(29)25(34)23(14-19)37-4/h6-8,13-15,34H,5,9-12H2,1-4H3. The minimum absolute atomic E-state index is 0.0433. The van der Waals surface area contributed by atoms with E-state index >= 15 is 0 Å². The number of phenols is 1. The Morgan fingerprint density at radius 1 is 1.24 bits per heavy atom. The molecule has 0 radical (unpaired) electrons. The van der Waals surface area contributed by atoms with E-state index in [1.54, 1.807) is 23.1 Å². The molecule has 10 heteroatoms. The number of likely N-dealkylation sites (N-methyl/N-ethyl adjacent to an activating group) is 1. The van der Waals surface area contributed by atoms with Crippen molar-refractivity contribution in [1.82, 2.24) is 14.4 Å². The zero-order valence-corrected chi connectivity index (χ0v) is 24.1. The van der Waals surface area contributed by atoms with Crippen LogP contribution in [0.4, 0.5) is 0 Å². The average molecular weight is 598 g/mol. The molecule has 2 aromatic carbocycles. The Morgan fingerprint density at radius 2 is 1.95 bits per heavy atom. The van der Waals surface area contributed by atoms with Gasteiger partial charge in [-0.1, -0.05) is 19.1 Å². The molecule has 0 saturated carbocycles. The number of amides is 1. The number of carbonyl (C=O) groups is 1. The Bertz CT molecular complexity index is 1610. The lowest BCUT2D eigenvalue weighted by atomic mass is 10.1. The normalized spacial score (nSPS) is 15.4. The van der Waals surface area contributed by atoms with Crippen LogP contribution in [0.5, 0.6) is 11.5 Å². The van der Waals surface area contributed by atoms with Crippen LogP contribution in [0.1, 0.15) is 23.6 Å². The molecule has 1 aliphatic heterocycles. The van der Waals surface area contributed by atoms with Gasteiger partial charge in [0, 0.05) is 26.2 Å². The van der Waals surface area contributed by atoms with Crippen molar-refractivity contribution >= 4 is 44.8 Å². The molecule has 1 fully saturated rings. The highest BCUT2D eigenvalue weighted by Crippen LogP contribution is 2.35. The number of hydrogen-bond donors (Lipinski definition) is 1. The summed E-state index contributed by atoms with van der Waals surface area (Å²) >= 11 is 4.42. The quantitative estimate of drug-likeness (QED) is 0.486. The molecule has 1 amide bonds. The zero-order valence-electron chi connectivity index (χ0n) is 21.7. The fourth-order valence-electron chi connectivity index (χ4n) is 4.44. The van der Waals surface area contributed by atoms with Crippen molar-refractivity contribution in [3.63, 3.8) is 0 Å². The van der Waals surface area contributed by atoms with Gasteiger partial charge in [0.15, 0.2) is 17.1 Å².